The molecule has 0 aliphatic heterocycles. The highest BCUT2D eigenvalue weighted by molar-refractivity contribution is 9.10. The highest BCUT2D eigenvalue weighted by Gasteiger charge is 2.20. The molecule has 3 aromatic rings. The van der Waals surface area contributed by atoms with Crippen molar-refractivity contribution in [3.05, 3.63) is 76.5 Å². The Kier molecular flexibility index (Phi) is 7.44. The van der Waals surface area contributed by atoms with Crippen LogP contribution in [0.25, 0.3) is 11.3 Å². The third-order valence-electron chi connectivity index (χ3n) is 4.59. The fourth-order valence-corrected chi connectivity index (χ4v) is 4.85. The van der Waals surface area contributed by atoms with E-state index < -0.39 is 21.5 Å². The van der Waals surface area contributed by atoms with Crippen LogP contribution in [-0.2, 0) is 26.8 Å². The normalized spacial score (nSPS) is 11.4. The first kappa shape index (κ1) is 22.2. The Balaban J connectivity index is 1.47. The molecule has 8 heteroatoms. The van der Waals surface area contributed by atoms with E-state index in [1.165, 1.54) is 4.90 Å². The zero-order chi connectivity index (χ0) is 21.6. The van der Waals surface area contributed by atoms with Crippen molar-refractivity contribution in [2.45, 2.75) is 18.6 Å². The maximum absolute atomic E-state index is 12.4. The third kappa shape index (κ3) is 6.53. The number of hydrogen-bond donors (Lipinski definition) is 0. The van der Waals surface area contributed by atoms with Crippen molar-refractivity contribution in [2.75, 3.05) is 19.3 Å². The number of rotatable bonds is 9. The molecule has 6 nitrogen and oxygen atoms in total. The number of sulfone groups is 1. The van der Waals surface area contributed by atoms with Crippen molar-refractivity contribution in [3.63, 3.8) is 0 Å². The fraction of sp³-hybridized carbons (Fsp3) is 0.273. The first-order valence-electron chi connectivity index (χ1n) is 9.52. The maximum atomic E-state index is 12.4. The van der Waals surface area contributed by atoms with Gasteiger partial charge in [0.15, 0.2) is 9.84 Å². The van der Waals surface area contributed by atoms with Crippen molar-refractivity contribution in [3.8, 4) is 11.3 Å². The number of aromatic nitrogens is 1. The van der Waals surface area contributed by atoms with Crippen molar-refractivity contribution in [1.29, 1.82) is 0 Å². The summed E-state index contributed by atoms with van der Waals surface area (Å²) >= 11 is 3.32. The summed E-state index contributed by atoms with van der Waals surface area (Å²) in [7, 11) is -1.92. The van der Waals surface area contributed by atoms with Crippen LogP contribution in [0.15, 0.2) is 69.7 Å². The Morgan fingerprint density at radius 2 is 1.87 bits per heavy atom. The lowest BCUT2D eigenvalue weighted by Gasteiger charge is -2.16. The van der Waals surface area contributed by atoms with Gasteiger partial charge in [0, 0.05) is 36.1 Å². The Labute approximate surface area is 184 Å². The molecule has 0 bridgehead atoms. The molecule has 1 aromatic heterocycles. The number of halogens is 1. The minimum atomic E-state index is -3.54. The van der Waals surface area contributed by atoms with Gasteiger partial charge in [-0.15, -0.1) is 0 Å². The summed E-state index contributed by atoms with van der Waals surface area (Å²) in [5.41, 5.74) is 2.41. The van der Waals surface area contributed by atoms with Gasteiger partial charge in [-0.1, -0.05) is 63.6 Å². The Bertz CT molecular complexity index is 1100. The molecule has 0 spiro atoms. The second kappa shape index (κ2) is 10.0. The molecular formula is C22H23BrN2O4S. The van der Waals surface area contributed by atoms with Crippen LogP contribution in [0, 0.1) is 0 Å². The van der Waals surface area contributed by atoms with Gasteiger partial charge in [0.05, 0.1) is 5.75 Å². The van der Waals surface area contributed by atoms with E-state index in [0.717, 1.165) is 21.5 Å². The van der Waals surface area contributed by atoms with Crippen molar-refractivity contribution in [2.24, 2.45) is 0 Å². The molecule has 0 saturated carbocycles. The number of carbonyl (C=O) groups is 1. The monoisotopic (exact) mass is 490 g/mol. The molecule has 30 heavy (non-hydrogen) atoms. The van der Waals surface area contributed by atoms with Crippen LogP contribution in [0.4, 0.5) is 0 Å². The van der Waals surface area contributed by atoms with Crippen LogP contribution in [0.3, 0.4) is 0 Å². The molecule has 2 aromatic carbocycles. The molecule has 0 fully saturated rings. The van der Waals surface area contributed by atoms with E-state index >= 15 is 0 Å². The smallest absolute Gasteiger partial charge is 0.237 e. The lowest BCUT2D eigenvalue weighted by Crippen LogP contribution is -2.33. The molecule has 0 aliphatic rings. The zero-order valence-electron chi connectivity index (χ0n) is 16.6. The van der Waals surface area contributed by atoms with Crippen LogP contribution >= 0.6 is 15.9 Å². The fourth-order valence-electron chi connectivity index (χ4n) is 3.02. The molecule has 0 atom stereocenters. The van der Waals surface area contributed by atoms with Crippen molar-refractivity contribution in [1.82, 2.24) is 10.1 Å². The molecule has 0 saturated heterocycles. The Hall–Kier alpha value is -2.45. The van der Waals surface area contributed by atoms with Crippen molar-refractivity contribution < 1.29 is 17.7 Å². The van der Waals surface area contributed by atoms with E-state index in [2.05, 4.69) is 21.1 Å². The summed E-state index contributed by atoms with van der Waals surface area (Å²) in [5, 5.41) is 4.08. The van der Waals surface area contributed by atoms with E-state index in [-0.39, 0.29) is 5.75 Å². The first-order chi connectivity index (χ1) is 14.3. The molecule has 1 amide bonds. The highest BCUT2D eigenvalue weighted by atomic mass is 79.9. The van der Waals surface area contributed by atoms with Crippen LogP contribution in [0.5, 0.6) is 0 Å². The molecular weight excluding hydrogens is 468 g/mol. The molecule has 158 valence electrons. The summed E-state index contributed by atoms with van der Waals surface area (Å²) < 4.78 is 30.9. The summed E-state index contributed by atoms with van der Waals surface area (Å²) in [6.07, 6.45) is 1.26. The van der Waals surface area contributed by atoms with E-state index in [1.807, 2.05) is 42.5 Å². The van der Waals surface area contributed by atoms with Crippen molar-refractivity contribution >= 4 is 31.7 Å². The first-order valence-corrected chi connectivity index (χ1v) is 12.1. The summed E-state index contributed by atoms with van der Waals surface area (Å²) in [6, 6.07) is 18.7. The maximum Gasteiger partial charge on any atom is 0.237 e. The van der Waals surface area contributed by atoms with Gasteiger partial charge in [-0.25, -0.2) is 8.42 Å². The van der Waals surface area contributed by atoms with Crippen LogP contribution in [-0.4, -0.2) is 43.7 Å². The van der Waals surface area contributed by atoms with Gasteiger partial charge in [0.1, 0.15) is 17.2 Å². The predicted molar refractivity (Wildman–Crippen MR) is 120 cm³/mol. The van der Waals surface area contributed by atoms with E-state index in [4.69, 9.17) is 4.52 Å². The summed E-state index contributed by atoms with van der Waals surface area (Å²) in [4.78, 5) is 13.8. The quantitative estimate of drug-likeness (QED) is 0.450. The topological polar surface area (TPSA) is 80.5 Å². The minimum absolute atomic E-state index is 0.160. The van der Waals surface area contributed by atoms with Crippen LogP contribution in [0.1, 0.15) is 17.7 Å². The summed E-state index contributed by atoms with van der Waals surface area (Å²) in [5.74, 6) is -0.340. The van der Waals surface area contributed by atoms with Gasteiger partial charge in [-0.3, -0.25) is 4.79 Å². The largest absolute Gasteiger partial charge is 0.361 e. The predicted octanol–water partition coefficient (Wildman–Crippen LogP) is 4.11. The number of carbonyl (C=O) groups excluding carboxylic acids is 1. The zero-order valence-corrected chi connectivity index (χ0v) is 19.0. The lowest BCUT2D eigenvalue weighted by atomic mass is 10.1. The van der Waals surface area contributed by atoms with Gasteiger partial charge < -0.3 is 9.42 Å². The van der Waals surface area contributed by atoms with E-state index in [9.17, 15) is 13.2 Å². The van der Waals surface area contributed by atoms with Crippen LogP contribution < -0.4 is 0 Å². The van der Waals surface area contributed by atoms with Gasteiger partial charge in [-0.2, -0.15) is 0 Å². The highest BCUT2D eigenvalue weighted by Crippen LogP contribution is 2.19. The molecule has 1 heterocycles. The Morgan fingerprint density at radius 1 is 1.10 bits per heavy atom. The second-order valence-electron chi connectivity index (χ2n) is 7.13. The minimum Gasteiger partial charge on any atom is -0.361 e. The van der Waals surface area contributed by atoms with Gasteiger partial charge in [-0.05, 0) is 24.1 Å². The van der Waals surface area contributed by atoms with E-state index in [0.29, 0.717) is 24.9 Å². The summed E-state index contributed by atoms with van der Waals surface area (Å²) in [6.45, 7) is 0.437. The molecule has 0 N–H and O–H groups in total. The number of amides is 1. The second-order valence-corrected chi connectivity index (χ2v) is 10.1. The molecule has 0 aliphatic carbocycles. The SMILES string of the molecule is CN(CCCc1cc(-c2ccccc2)no1)C(=O)CS(=O)(=O)Cc1cccc(Br)c1. The Morgan fingerprint density at radius 3 is 2.60 bits per heavy atom. The lowest BCUT2D eigenvalue weighted by molar-refractivity contribution is -0.127. The molecule has 3 rings (SSSR count). The third-order valence-corrected chi connectivity index (χ3v) is 6.54. The number of hydrogen-bond acceptors (Lipinski definition) is 5. The van der Waals surface area contributed by atoms with Crippen LogP contribution in [0.2, 0.25) is 0 Å². The average molecular weight is 491 g/mol. The van der Waals surface area contributed by atoms with Gasteiger partial charge >= 0.3 is 0 Å². The molecule has 0 unspecified atom stereocenters. The molecule has 0 radical (unpaired) electrons. The number of aryl methyl sites for hydroxylation is 1. The standard InChI is InChI=1S/C22H23BrN2O4S/c1-25(22(26)16-30(27,28)15-17-7-5-10-19(23)13-17)12-6-11-20-14-21(24-29-20)18-8-3-2-4-9-18/h2-5,7-10,13-14H,6,11-12,15-16H2,1H3. The average Bonchev–Trinajstić information content (AvgIpc) is 3.17. The van der Waals surface area contributed by atoms with Gasteiger partial charge in [0.25, 0.3) is 0 Å². The number of nitrogens with zero attached hydrogens (tertiary/aromatic N) is 2. The van der Waals surface area contributed by atoms with Gasteiger partial charge in [0.2, 0.25) is 5.91 Å². The number of benzene rings is 2. The van der Waals surface area contributed by atoms with E-state index in [1.54, 1.807) is 25.2 Å².